The molecule has 0 saturated carbocycles. The summed E-state index contributed by atoms with van der Waals surface area (Å²) < 4.78 is 88.8. The maximum absolute atomic E-state index is 14.0. The van der Waals surface area contributed by atoms with E-state index in [0.717, 1.165) is 16.7 Å². The molecule has 1 atom stereocenters. The van der Waals surface area contributed by atoms with Crippen LogP contribution in [0.4, 0.5) is 23.4 Å². The largest absolute Gasteiger partial charge is 0.468 e. The first-order valence-corrected chi connectivity index (χ1v) is 12.9. The molecular formula is C24H26F4N4O4S. The van der Waals surface area contributed by atoms with Gasteiger partial charge in [0.05, 0.1) is 4.90 Å². The van der Waals surface area contributed by atoms with E-state index in [4.69, 9.17) is 4.52 Å². The highest BCUT2D eigenvalue weighted by Crippen LogP contribution is 2.31. The van der Waals surface area contributed by atoms with Crippen LogP contribution in [0.1, 0.15) is 49.3 Å². The van der Waals surface area contributed by atoms with Gasteiger partial charge in [-0.15, -0.1) is 0 Å². The molecule has 4 rings (SSSR count). The molecule has 1 aliphatic rings. The Morgan fingerprint density at radius 1 is 1.14 bits per heavy atom. The molecule has 1 aromatic carbocycles. The summed E-state index contributed by atoms with van der Waals surface area (Å²) in [5.74, 6) is -0.340. The smallest absolute Gasteiger partial charge is 0.422 e. The molecule has 2 aromatic heterocycles. The SMILES string of the molecule is C[C@H](c1ccc(OCC(F)(F)F)nc1)N1CCc2ccc(S(=O)(=O)Nc3cc(C(C)(C)F)on3)cc2C1. The Labute approximate surface area is 211 Å². The van der Waals surface area contributed by atoms with E-state index in [-0.39, 0.29) is 28.4 Å². The number of hydrogen-bond donors (Lipinski definition) is 1. The average molecular weight is 543 g/mol. The molecule has 13 heteroatoms. The molecule has 0 radical (unpaired) electrons. The summed E-state index contributed by atoms with van der Waals surface area (Å²) >= 11 is 0. The molecule has 0 amide bonds. The number of sulfonamides is 1. The van der Waals surface area contributed by atoms with Gasteiger partial charge in [0.25, 0.3) is 10.0 Å². The van der Waals surface area contributed by atoms with Crippen LogP contribution in [-0.2, 0) is 28.7 Å². The van der Waals surface area contributed by atoms with Gasteiger partial charge in [-0.05, 0) is 56.0 Å². The molecule has 1 N–H and O–H groups in total. The van der Waals surface area contributed by atoms with Crippen molar-refractivity contribution in [2.24, 2.45) is 0 Å². The first-order valence-electron chi connectivity index (χ1n) is 11.4. The molecule has 0 fully saturated rings. The topological polar surface area (TPSA) is 97.6 Å². The Bertz CT molecular complexity index is 1350. The van der Waals surface area contributed by atoms with Crippen molar-refractivity contribution in [2.75, 3.05) is 17.9 Å². The van der Waals surface area contributed by atoms with E-state index in [1.54, 1.807) is 18.2 Å². The Balaban J connectivity index is 1.46. The summed E-state index contributed by atoms with van der Waals surface area (Å²) in [5, 5.41) is 3.60. The Morgan fingerprint density at radius 2 is 1.89 bits per heavy atom. The van der Waals surface area contributed by atoms with E-state index in [0.29, 0.717) is 19.5 Å². The molecule has 8 nitrogen and oxygen atoms in total. The Kier molecular flexibility index (Phi) is 7.21. The number of anilines is 1. The van der Waals surface area contributed by atoms with E-state index in [2.05, 4.69) is 24.5 Å². The van der Waals surface area contributed by atoms with Crippen molar-refractivity contribution >= 4 is 15.8 Å². The van der Waals surface area contributed by atoms with Gasteiger partial charge in [-0.1, -0.05) is 17.3 Å². The highest BCUT2D eigenvalue weighted by atomic mass is 32.2. The van der Waals surface area contributed by atoms with Crippen molar-refractivity contribution in [3.05, 3.63) is 65.0 Å². The maximum Gasteiger partial charge on any atom is 0.422 e. The summed E-state index contributed by atoms with van der Waals surface area (Å²) in [5.41, 5.74) is 0.809. The molecule has 1 aliphatic heterocycles. The van der Waals surface area contributed by atoms with Crippen LogP contribution in [0, 0.1) is 0 Å². The number of ether oxygens (including phenoxy) is 1. The fourth-order valence-corrected chi connectivity index (χ4v) is 4.98. The van der Waals surface area contributed by atoms with Crippen molar-refractivity contribution in [2.45, 2.75) is 56.5 Å². The predicted molar refractivity (Wildman–Crippen MR) is 126 cm³/mol. The van der Waals surface area contributed by atoms with Crippen LogP contribution in [0.3, 0.4) is 0 Å². The van der Waals surface area contributed by atoms with Gasteiger partial charge in [-0.25, -0.2) is 17.8 Å². The minimum absolute atomic E-state index is 0.0256. The number of aromatic nitrogens is 2. The van der Waals surface area contributed by atoms with Crippen molar-refractivity contribution in [3.8, 4) is 5.88 Å². The highest BCUT2D eigenvalue weighted by molar-refractivity contribution is 7.92. The molecular weight excluding hydrogens is 516 g/mol. The lowest BCUT2D eigenvalue weighted by atomic mass is 9.97. The van der Waals surface area contributed by atoms with Gasteiger partial charge >= 0.3 is 6.18 Å². The zero-order chi connectivity index (χ0) is 27.0. The third-order valence-electron chi connectivity index (χ3n) is 6.04. The van der Waals surface area contributed by atoms with Crippen molar-refractivity contribution in [1.82, 2.24) is 15.0 Å². The zero-order valence-corrected chi connectivity index (χ0v) is 21.2. The lowest BCUT2D eigenvalue weighted by Crippen LogP contribution is -2.33. The van der Waals surface area contributed by atoms with Crippen molar-refractivity contribution in [3.63, 3.8) is 0 Å². The van der Waals surface area contributed by atoms with Crippen molar-refractivity contribution in [1.29, 1.82) is 0 Å². The molecule has 200 valence electrons. The quantitative estimate of drug-likeness (QED) is 0.394. The number of pyridine rings is 1. The predicted octanol–water partition coefficient (Wildman–Crippen LogP) is 5.14. The maximum atomic E-state index is 14.0. The fourth-order valence-electron chi connectivity index (χ4n) is 3.94. The Hall–Kier alpha value is -3.19. The highest BCUT2D eigenvalue weighted by Gasteiger charge is 2.29. The van der Waals surface area contributed by atoms with E-state index in [9.17, 15) is 26.0 Å². The third kappa shape index (κ3) is 6.58. The van der Waals surface area contributed by atoms with Gasteiger partial charge in [0.1, 0.15) is 0 Å². The fraction of sp³-hybridized carbons (Fsp3) is 0.417. The molecule has 0 saturated heterocycles. The summed E-state index contributed by atoms with van der Waals surface area (Å²) in [7, 11) is -4.01. The monoisotopic (exact) mass is 542 g/mol. The number of rotatable bonds is 8. The van der Waals surface area contributed by atoms with E-state index in [1.165, 1.54) is 38.2 Å². The Morgan fingerprint density at radius 3 is 2.51 bits per heavy atom. The summed E-state index contributed by atoms with van der Waals surface area (Å²) in [4.78, 5) is 6.11. The van der Waals surface area contributed by atoms with Gasteiger partial charge in [-0.2, -0.15) is 13.2 Å². The van der Waals surface area contributed by atoms with Crippen LogP contribution >= 0.6 is 0 Å². The standard InChI is InChI=1S/C24H26F4N4O4S/c1-15(17-5-7-22(29-12-17)35-14-24(26,27)28)32-9-8-16-4-6-19(10-18(16)13-32)37(33,34)31-21-11-20(36-30-21)23(2,3)25/h4-7,10-12,15H,8-9,13-14H2,1-3H3,(H,30,31)/t15-/m1/s1. The minimum Gasteiger partial charge on any atom is -0.468 e. The van der Waals surface area contributed by atoms with Crippen LogP contribution in [0.5, 0.6) is 5.88 Å². The van der Waals surface area contributed by atoms with Gasteiger partial charge in [0, 0.05) is 37.5 Å². The number of benzene rings is 1. The number of fused-ring (bicyclic) bond motifs is 1. The first kappa shape index (κ1) is 26.9. The number of nitrogens with one attached hydrogen (secondary N) is 1. The molecule has 3 aromatic rings. The van der Waals surface area contributed by atoms with Crippen molar-refractivity contribution < 1.29 is 35.2 Å². The van der Waals surface area contributed by atoms with Gasteiger partial charge in [-0.3, -0.25) is 9.62 Å². The molecule has 37 heavy (non-hydrogen) atoms. The molecule has 0 aliphatic carbocycles. The minimum atomic E-state index is -4.44. The second-order valence-electron chi connectivity index (χ2n) is 9.31. The molecule has 0 unspecified atom stereocenters. The van der Waals surface area contributed by atoms with E-state index in [1.807, 2.05) is 6.92 Å². The number of nitrogens with zero attached hydrogens (tertiary/aromatic N) is 3. The van der Waals surface area contributed by atoms with Crippen LogP contribution < -0.4 is 9.46 Å². The normalized spacial score (nSPS) is 15.8. The lowest BCUT2D eigenvalue weighted by molar-refractivity contribution is -0.154. The number of hydrogen-bond acceptors (Lipinski definition) is 7. The summed E-state index contributed by atoms with van der Waals surface area (Å²) in [6.07, 6.45) is -2.28. The number of halogens is 4. The van der Waals surface area contributed by atoms with E-state index >= 15 is 0 Å². The second-order valence-corrected chi connectivity index (χ2v) is 11.0. The van der Waals surface area contributed by atoms with Crippen LogP contribution in [0.25, 0.3) is 0 Å². The third-order valence-corrected chi connectivity index (χ3v) is 7.39. The van der Waals surface area contributed by atoms with Gasteiger partial charge in [0.2, 0.25) is 5.88 Å². The molecule has 0 bridgehead atoms. The molecule has 0 spiro atoms. The van der Waals surface area contributed by atoms with Gasteiger partial charge in [0.15, 0.2) is 23.9 Å². The van der Waals surface area contributed by atoms with Crippen LogP contribution in [-0.4, -0.2) is 42.8 Å². The average Bonchev–Trinajstić information content (AvgIpc) is 3.30. The number of alkyl halides is 4. The summed E-state index contributed by atoms with van der Waals surface area (Å²) in [6, 6.07) is 8.98. The first-order chi connectivity index (χ1) is 17.2. The van der Waals surface area contributed by atoms with Crippen LogP contribution in [0.15, 0.2) is 52.0 Å². The van der Waals surface area contributed by atoms with Crippen LogP contribution in [0.2, 0.25) is 0 Å². The second kappa shape index (κ2) is 9.93. The van der Waals surface area contributed by atoms with E-state index < -0.39 is 28.5 Å². The molecule has 3 heterocycles. The van der Waals surface area contributed by atoms with Gasteiger partial charge < -0.3 is 9.26 Å². The lowest BCUT2D eigenvalue weighted by Gasteiger charge is -2.34. The zero-order valence-electron chi connectivity index (χ0n) is 20.3. The summed E-state index contributed by atoms with van der Waals surface area (Å²) in [6.45, 7) is 4.22.